The Morgan fingerprint density at radius 3 is 2.72 bits per heavy atom. The van der Waals surface area contributed by atoms with E-state index < -0.39 is 0 Å². The topological polar surface area (TPSA) is 65.5 Å². The maximum Gasteiger partial charge on any atom is 0.224 e. The molecular weight excluding hydrogens is 321 g/mol. The van der Waals surface area contributed by atoms with Gasteiger partial charge in [-0.15, -0.1) is 0 Å². The summed E-state index contributed by atoms with van der Waals surface area (Å²) in [5.41, 5.74) is 1.74. The number of nitrogens with zero attached hydrogens (tertiary/aromatic N) is 2. The molecule has 1 fully saturated rings. The third-order valence-corrected chi connectivity index (χ3v) is 4.49. The summed E-state index contributed by atoms with van der Waals surface area (Å²) in [5.74, 6) is -0.430. The van der Waals surface area contributed by atoms with E-state index in [2.05, 4.69) is 15.2 Å². The molecule has 1 aliphatic rings. The Morgan fingerprint density at radius 1 is 1.24 bits per heavy atom. The third-order valence-electron chi connectivity index (χ3n) is 4.49. The van der Waals surface area contributed by atoms with E-state index in [0.717, 1.165) is 11.3 Å². The first-order valence-electron chi connectivity index (χ1n) is 8.41. The van der Waals surface area contributed by atoms with Gasteiger partial charge in [-0.3, -0.25) is 14.7 Å². The van der Waals surface area contributed by atoms with Crippen molar-refractivity contribution in [2.75, 3.05) is 19.7 Å². The van der Waals surface area contributed by atoms with E-state index in [1.54, 1.807) is 18.3 Å². The third kappa shape index (κ3) is 4.84. The van der Waals surface area contributed by atoms with Crippen LogP contribution in [-0.2, 0) is 17.8 Å². The summed E-state index contributed by atoms with van der Waals surface area (Å²) in [5, 5.41) is 12.6. The molecule has 0 spiro atoms. The molecule has 5 nitrogen and oxygen atoms in total. The number of likely N-dealkylation sites (tertiary alicyclic amines) is 1. The van der Waals surface area contributed by atoms with Crippen LogP contribution < -0.4 is 5.32 Å². The van der Waals surface area contributed by atoms with Gasteiger partial charge in [0.05, 0.1) is 12.1 Å². The Hall–Kier alpha value is -2.31. The summed E-state index contributed by atoms with van der Waals surface area (Å²) in [6, 6.07) is 11.6. The van der Waals surface area contributed by atoms with Gasteiger partial charge < -0.3 is 10.4 Å². The van der Waals surface area contributed by atoms with E-state index >= 15 is 0 Å². The smallest absolute Gasteiger partial charge is 0.224 e. The van der Waals surface area contributed by atoms with Crippen LogP contribution in [0, 0.1) is 11.7 Å². The second-order valence-corrected chi connectivity index (χ2v) is 6.44. The van der Waals surface area contributed by atoms with Crippen molar-refractivity contribution in [1.82, 2.24) is 15.2 Å². The molecule has 0 aliphatic carbocycles. The predicted molar refractivity (Wildman–Crippen MR) is 92.1 cm³/mol. The van der Waals surface area contributed by atoms with E-state index in [9.17, 15) is 14.3 Å². The Kier molecular flexibility index (Phi) is 5.73. The van der Waals surface area contributed by atoms with Crippen molar-refractivity contribution in [2.24, 2.45) is 5.92 Å². The molecule has 2 N–H and O–H groups in total. The number of pyridine rings is 1. The molecule has 0 saturated carbocycles. The number of nitrogens with one attached hydrogen (secondary N) is 1. The molecule has 1 aliphatic heterocycles. The fourth-order valence-corrected chi connectivity index (χ4v) is 3.20. The largest absolute Gasteiger partial charge is 0.396 e. The molecular formula is C19H22FN3O2. The minimum atomic E-state index is -0.314. The number of hydrogen-bond donors (Lipinski definition) is 2. The molecule has 0 radical (unpaired) electrons. The van der Waals surface area contributed by atoms with Crippen molar-refractivity contribution >= 4 is 5.91 Å². The number of carbonyl (C=O) groups is 1. The lowest BCUT2D eigenvalue weighted by atomic mass is 10.0. The minimum absolute atomic E-state index is 0.000815. The molecule has 0 bridgehead atoms. The number of amides is 1. The molecule has 1 saturated heterocycles. The van der Waals surface area contributed by atoms with Crippen molar-refractivity contribution < 1.29 is 14.3 Å². The first kappa shape index (κ1) is 17.5. The summed E-state index contributed by atoms with van der Waals surface area (Å²) in [7, 11) is 0. The highest BCUT2D eigenvalue weighted by molar-refractivity contribution is 5.78. The van der Waals surface area contributed by atoms with E-state index in [1.807, 2.05) is 18.2 Å². The van der Waals surface area contributed by atoms with Gasteiger partial charge in [0.2, 0.25) is 5.91 Å². The van der Waals surface area contributed by atoms with Gasteiger partial charge in [-0.1, -0.05) is 18.2 Å². The van der Waals surface area contributed by atoms with Gasteiger partial charge in [0, 0.05) is 44.4 Å². The Morgan fingerprint density at radius 2 is 2.04 bits per heavy atom. The summed E-state index contributed by atoms with van der Waals surface area (Å²) in [6.07, 6.45) is 1.96. The van der Waals surface area contributed by atoms with Crippen LogP contribution in [0.25, 0.3) is 0 Å². The highest BCUT2D eigenvalue weighted by atomic mass is 19.1. The van der Waals surface area contributed by atoms with E-state index in [-0.39, 0.29) is 36.7 Å². The van der Waals surface area contributed by atoms with Gasteiger partial charge in [0.15, 0.2) is 0 Å². The maximum absolute atomic E-state index is 12.9. The van der Waals surface area contributed by atoms with Crippen molar-refractivity contribution in [3.8, 4) is 0 Å². The van der Waals surface area contributed by atoms with Gasteiger partial charge in [0.25, 0.3) is 0 Å². The van der Waals surface area contributed by atoms with Crippen molar-refractivity contribution in [1.29, 1.82) is 0 Å². The van der Waals surface area contributed by atoms with Crippen LogP contribution in [0.15, 0.2) is 48.7 Å². The van der Waals surface area contributed by atoms with Crippen LogP contribution in [0.3, 0.4) is 0 Å². The number of rotatable bonds is 6. The van der Waals surface area contributed by atoms with E-state index in [4.69, 9.17) is 0 Å². The lowest BCUT2D eigenvalue weighted by Gasteiger charge is -2.18. The zero-order valence-electron chi connectivity index (χ0n) is 13.9. The van der Waals surface area contributed by atoms with E-state index in [1.165, 1.54) is 12.1 Å². The number of aliphatic hydroxyl groups excluding tert-OH is 1. The number of benzene rings is 1. The molecule has 2 heterocycles. The molecule has 25 heavy (non-hydrogen) atoms. The molecule has 2 atom stereocenters. The van der Waals surface area contributed by atoms with Crippen LogP contribution in [0.4, 0.5) is 4.39 Å². The zero-order chi connectivity index (χ0) is 17.6. The molecule has 3 rings (SSSR count). The SMILES string of the molecule is O=C(Cc1ccc(F)cc1)N[C@@H]1CN(Cc2ccccn2)C[C@H]1CO. The molecule has 0 unspecified atom stereocenters. The first-order chi connectivity index (χ1) is 12.1. The van der Waals surface area contributed by atoms with Crippen molar-refractivity contribution in [2.45, 2.75) is 19.0 Å². The normalized spacial score (nSPS) is 20.6. The highest BCUT2D eigenvalue weighted by Gasteiger charge is 2.33. The van der Waals surface area contributed by atoms with Gasteiger partial charge in [-0.05, 0) is 29.8 Å². The lowest BCUT2D eigenvalue weighted by Crippen LogP contribution is -2.42. The van der Waals surface area contributed by atoms with Crippen LogP contribution in [0.2, 0.25) is 0 Å². The summed E-state index contributed by atoms with van der Waals surface area (Å²) >= 11 is 0. The Bertz CT molecular complexity index is 694. The Labute approximate surface area is 146 Å². The van der Waals surface area contributed by atoms with Crippen LogP contribution in [0.5, 0.6) is 0 Å². The summed E-state index contributed by atoms with van der Waals surface area (Å²) in [6.45, 7) is 2.12. The number of carbonyl (C=O) groups excluding carboxylic acids is 1. The van der Waals surface area contributed by atoms with Crippen LogP contribution in [0.1, 0.15) is 11.3 Å². The molecule has 2 aromatic rings. The second kappa shape index (κ2) is 8.18. The lowest BCUT2D eigenvalue weighted by molar-refractivity contribution is -0.121. The number of halogens is 1. The van der Waals surface area contributed by atoms with Crippen molar-refractivity contribution in [3.05, 3.63) is 65.7 Å². The molecule has 132 valence electrons. The van der Waals surface area contributed by atoms with Gasteiger partial charge in [-0.2, -0.15) is 0 Å². The molecule has 1 amide bonds. The van der Waals surface area contributed by atoms with Gasteiger partial charge in [0.1, 0.15) is 5.82 Å². The summed E-state index contributed by atoms with van der Waals surface area (Å²) in [4.78, 5) is 18.8. The fraction of sp³-hybridized carbons (Fsp3) is 0.368. The van der Waals surface area contributed by atoms with Crippen molar-refractivity contribution in [3.63, 3.8) is 0 Å². The van der Waals surface area contributed by atoms with Gasteiger partial charge in [-0.25, -0.2) is 4.39 Å². The first-order valence-corrected chi connectivity index (χ1v) is 8.41. The minimum Gasteiger partial charge on any atom is -0.396 e. The monoisotopic (exact) mass is 343 g/mol. The maximum atomic E-state index is 12.9. The number of aliphatic hydroxyl groups is 1. The Balaban J connectivity index is 1.55. The highest BCUT2D eigenvalue weighted by Crippen LogP contribution is 2.19. The van der Waals surface area contributed by atoms with Crippen LogP contribution >= 0.6 is 0 Å². The predicted octanol–water partition coefficient (Wildman–Crippen LogP) is 1.37. The van der Waals surface area contributed by atoms with Crippen LogP contribution in [-0.4, -0.2) is 46.6 Å². The average Bonchev–Trinajstić information content (AvgIpc) is 2.99. The van der Waals surface area contributed by atoms with E-state index in [0.29, 0.717) is 19.6 Å². The molecule has 1 aromatic heterocycles. The van der Waals surface area contributed by atoms with Gasteiger partial charge >= 0.3 is 0 Å². The standard InChI is InChI=1S/C19H22FN3O2/c20-16-6-4-14(5-7-16)9-19(25)22-18-12-23(10-15(18)13-24)11-17-3-1-2-8-21-17/h1-8,15,18,24H,9-13H2,(H,22,25)/t15-,18+/m0/s1. The number of hydrogen-bond acceptors (Lipinski definition) is 4. The summed E-state index contributed by atoms with van der Waals surface area (Å²) < 4.78 is 12.9. The average molecular weight is 343 g/mol. The fourth-order valence-electron chi connectivity index (χ4n) is 3.20. The molecule has 6 heteroatoms. The second-order valence-electron chi connectivity index (χ2n) is 6.44. The number of aromatic nitrogens is 1. The quantitative estimate of drug-likeness (QED) is 0.832. The molecule has 1 aromatic carbocycles. The zero-order valence-corrected chi connectivity index (χ0v) is 13.9.